The van der Waals surface area contributed by atoms with E-state index in [1.54, 1.807) is 12.1 Å². The number of allylic oxidation sites excluding steroid dienone is 1. The first-order chi connectivity index (χ1) is 13.6. The van der Waals surface area contributed by atoms with E-state index in [2.05, 4.69) is 41.5 Å². The summed E-state index contributed by atoms with van der Waals surface area (Å²) in [6.07, 6.45) is 4.51. The number of hydrogen-bond acceptors (Lipinski definition) is 4. The van der Waals surface area contributed by atoms with Gasteiger partial charge in [-0.05, 0) is 60.7 Å². The first-order valence-electron chi connectivity index (χ1n) is 10.7. The van der Waals surface area contributed by atoms with Crippen molar-refractivity contribution in [2.75, 3.05) is 0 Å². The number of hydrogen-bond donors (Lipinski definition) is 0. The summed E-state index contributed by atoms with van der Waals surface area (Å²) in [5.41, 5.74) is 2.05. The third kappa shape index (κ3) is 5.00. The smallest absolute Gasteiger partial charge is 0.339 e. The van der Waals surface area contributed by atoms with E-state index in [0.29, 0.717) is 35.0 Å². The van der Waals surface area contributed by atoms with Crippen molar-refractivity contribution in [1.29, 1.82) is 0 Å². The van der Waals surface area contributed by atoms with Crippen LogP contribution in [0.2, 0.25) is 16.6 Å². The SMILES string of the molecule is CC1=CC[C@@](C=O)(OC(=O)c2ccc(O[Si](C(C)C)(C(C)C)C(C)C)cc2)CC1. The highest BCUT2D eigenvalue weighted by Gasteiger charge is 2.47. The molecule has 5 heteroatoms. The molecule has 0 amide bonds. The zero-order chi connectivity index (χ0) is 21.8. The maximum atomic E-state index is 12.6. The van der Waals surface area contributed by atoms with Gasteiger partial charge in [0.25, 0.3) is 8.32 Å². The summed E-state index contributed by atoms with van der Waals surface area (Å²) in [5.74, 6) is 0.335. The molecule has 0 spiro atoms. The lowest BCUT2D eigenvalue weighted by Crippen LogP contribution is -2.50. The summed E-state index contributed by atoms with van der Waals surface area (Å²) in [5, 5.41) is 0. The Hall–Kier alpha value is -1.88. The van der Waals surface area contributed by atoms with E-state index < -0.39 is 19.9 Å². The Bertz CT molecular complexity index is 727. The van der Waals surface area contributed by atoms with Crippen LogP contribution in [0.15, 0.2) is 35.9 Å². The minimum atomic E-state index is -2.04. The van der Waals surface area contributed by atoms with Gasteiger partial charge in [-0.15, -0.1) is 0 Å². The number of esters is 1. The molecule has 0 heterocycles. The molecule has 1 aromatic carbocycles. The molecule has 0 unspecified atom stereocenters. The van der Waals surface area contributed by atoms with Crippen molar-refractivity contribution < 1.29 is 18.8 Å². The summed E-state index contributed by atoms with van der Waals surface area (Å²) in [4.78, 5) is 24.3. The van der Waals surface area contributed by atoms with E-state index >= 15 is 0 Å². The van der Waals surface area contributed by atoms with Crippen molar-refractivity contribution in [3.63, 3.8) is 0 Å². The fourth-order valence-electron chi connectivity index (χ4n) is 4.64. The second-order valence-electron chi connectivity index (χ2n) is 9.27. The van der Waals surface area contributed by atoms with Gasteiger partial charge in [0.05, 0.1) is 5.56 Å². The zero-order valence-corrected chi connectivity index (χ0v) is 20.0. The van der Waals surface area contributed by atoms with Gasteiger partial charge in [-0.2, -0.15) is 0 Å². The van der Waals surface area contributed by atoms with Gasteiger partial charge in [-0.3, -0.25) is 4.79 Å². The summed E-state index contributed by atoms with van der Waals surface area (Å²) in [7, 11) is -2.04. The molecule has 2 rings (SSSR count). The molecule has 0 radical (unpaired) electrons. The van der Waals surface area contributed by atoms with Gasteiger partial charge in [-0.25, -0.2) is 4.79 Å². The predicted octanol–water partition coefficient (Wildman–Crippen LogP) is 6.47. The van der Waals surface area contributed by atoms with Crippen molar-refractivity contribution in [3.8, 4) is 5.75 Å². The van der Waals surface area contributed by atoms with Gasteiger partial charge in [0.1, 0.15) is 5.75 Å². The highest BCUT2D eigenvalue weighted by molar-refractivity contribution is 6.78. The molecule has 1 aliphatic rings. The van der Waals surface area contributed by atoms with Crippen LogP contribution in [0, 0.1) is 0 Å². The highest BCUT2D eigenvalue weighted by Crippen LogP contribution is 2.42. The maximum Gasteiger partial charge on any atom is 0.339 e. The van der Waals surface area contributed by atoms with Crippen molar-refractivity contribution in [1.82, 2.24) is 0 Å². The standard InChI is InChI=1S/C24H36O4Si/c1-17(2)29(18(3)4,19(5)6)28-22-10-8-21(9-11-22)23(26)27-24(16-25)14-12-20(7)13-15-24/h8-12,16-19H,13-15H2,1-7H3/t24-/m1/s1. The molecule has 29 heavy (non-hydrogen) atoms. The average molecular weight is 417 g/mol. The third-order valence-electron chi connectivity index (χ3n) is 6.34. The number of rotatable bonds is 8. The van der Waals surface area contributed by atoms with Crippen LogP contribution in [0.3, 0.4) is 0 Å². The molecule has 1 aromatic rings. The molecule has 0 aliphatic heterocycles. The van der Waals surface area contributed by atoms with Gasteiger partial charge in [-0.1, -0.05) is 53.2 Å². The lowest BCUT2D eigenvalue weighted by molar-refractivity contribution is -0.126. The summed E-state index contributed by atoms with van der Waals surface area (Å²) >= 11 is 0. The molecule has 0 aromatic heterocycles. The van der Waals surface area contributed by atoms with Crippen molar-refractivity contribution in [2.24, 2.45) is 0 Å². The lowest BCUT2D eigenvalue weighted by atomic mass is 9.87. The van der Waals surface area contributed by atoms with E-state index in [-0.39, 0.29) is 0 Å². The maximum absolute atomic E-state index is 12.6. The molecule has 1 atom stereocenters. The Balaban J connectivity index is 2.17. The van der Waals surface area contributed by atoms with E-state index in [9.17, 15) is 9.59 Å². The zero-order valence-electron chi connectivity index (χ0n) is 19.0. The first-order valence-corrected chi connectivity index (χ1v) is 12.8. The van der Waals surface area contributed by atoms with Crippen LogP contribution in [0.25, 0.3) is 0 Å². The Labute approximate surface area is 176 Å². The van der Waals surface area contributed by atoms with E-state index in [1.165, 1.54) is 5.57 Å². The Morgan fingerprint density at radius 2 is 1.59 bits per heavy atom. The third-order valence-corrected chi connectivity index (χ3v) is 12.3. The van der Waals surface area contributed by atoms with Crippen LogP contribution in [0.4, 0.5) is 0 Å². The average Bonchev–Trinajstić information content (AvgIpc) is 2.67. The normalized spacial score (nSPS) is 20.0. The molecular weight excluding hydrogens is 380 g/mol. The molecule has 0 fully saturated rings. The fraction of sp³-hybridized carbons (Fsp3) is 0.583. The van der Waals surface area contributed by atoms with Crippen molar-refractivity contribution in [2.45, 2.75) is 90.0 Å². The number of ether oxygens (including phenoxy) is 1. The largest absolute Gasteiger partial charge is 0.543 e. The minimum absolute atomic E-state index is 0.441. The van der Waals surface area contributed by atoms with E-state index in [1.807, 2.05) is 25.1 Å². The van der Waals surface area contributed by atoms with Crippen LogP contribution in [0.1, 0.15) is 78.1 Å². The van der Waals surface area contributed by atoms with Crippen molar-refractivity contribution >= 4 is 20.6 Å². The molecular formula is C24H36O4Si. The predicted molar refractivity (Wildman–Crippen MR) is 120 cm³/mol. The summed E-state index contributed by atoms with van der Waals surface area (Å²) < 4.78 is 12.3. The van der Waals surface area contributed by atoms with Crippen LogP contribution in [0.5, 0.6) is 5.75 Å². The quantitative estimate of drug-likeness (QED) is 0.211. The second kappa shape index (κ2) is 9.29. The Morgan fingerprint density at radius 3 is 2.00 bits per heavy atom. The Morgan fingerprint density at radius 1 is 1.03 bits per heavy atom. The van der Waals surface area contributed by atoms with E-state index in [4.69, 9.17) is 9.16 Å². The van der Waals surface area contributed by atoms with Crippen LogP contribution >= 0.6 is 0 Å². The first kappa shape index (κ1) is 23.4. The molecule has 4 nitrogen and oxygen atoms in total. The minimum Gasteiger partial charge on any atom is -0.543 e. The van der Waals surface area contributed by atoms with Crippen molar-refractivity contribution in [3.05, 3.63) is 41.5 Å². The number of carbonyl (C=O) groups is 2. The fourth-order valence-corrected chi connectivity index (χ4v) is 9.90. The lowest BCUT2D eigenvalue weighted by Gasteiger charge is -2.42. The van der Waals surface area contributed by atoms with Crippen LogP contribution in [-0.4, -0.2) is 26.2 Å². The summed E-state index contributed by atoms with van der Waals surface area (Å²) in [6, 6.07) is 7.18. The van der Waals surface area contributed by atoms with Gasteiger partial charge in [0, 0.05) is 6.42 Å². The number of aldehydes is 1. The molecule has 160 valence electrons. The van der Waals surface area contributed by atoms with Gasteiger partial charge < -0.3 is 9.16 Å². The van der Waals surface area contributed by atoms with E-state index in [0.717, 1.165) is 18.5 Å². The molecule has 0 N–H and O–H groups in total. The van der Waals surface area contributed by atoms with Crippen LogP contribution < -0.4 is 4.43 Å². The van der Waals surface area contributed by atoms with Gasteiger partial charge in [0.2, 0.25) is 0 Å². The molecule has 0 saturated carbocycles. The monoisotopic (exact) mass is 416 g/mol. The topological polar surface area (TPSA) is 52.6 Å². The molecule has 1 aliphatic carbocycles. The molecule has 0 saturated heterocycles. The number of carbonyl (C=O) groups excluding carboxylic acids is 2. The Kier molecular flexibility index (Phi) is 7.49. The van der Waals surface area contributed by atoms with Gasteiger partial charge >= 0.3 is 5.97 Å². The second-order valence-corrected chi connectivity index (χ2v) is 14.6. The molecule has 0 bridgehead atoms. The van der Waals surface area contributed by atoms with Gasteiger partial charge in [0.15, 0.2) is 11.9 Å². The summed E-state index contributed by atoms with van der Waals surface area (Å²) in [6.45, 7) is 15.5. The number of benzene rings is 1. The highest BCUT2D eigenvalue weighted by atomic mass is 28.4. The van der Waals surface area contributed by atoms with Crippen LogP contribution in [-0.2, 0) is 9.53 Å².